The zero-order valence-corrected chi connectivity index (χ0v) is 10.7. The van der Waals surface area contributed by atoms with Gasteiger partial charge in [0.2, 0.25) is 0 Å². The van der Waals surface area contributed by atoms with Crippen LogP contribution in [-0.2, 0) is 12.8 Å². The quantitative estimate of drug-likeness (QED) is 0.852. The van der Waals surface area contributed by atoms with Crippen molar-refractivity contribution in [2.24, 2.45) is 0 Å². The molecule has 3 heteroatoms. The summed E-state index contributed by atoms with van der Waals surface area (Å²) >= 11 is 0. The topological polar surface area (TPSA) is 38.7 Å². The maximum absolute atomic E-state index is 10.0. The fourth-order valence-electron chi connectivity index (χ4n) is 2.12. The molecule has 1 saturated carbocycles. The van der Waals surface area contributed by atoms with Crippen molar-refractivity contribution in [1.82, 2.24) is 0 Å². The summed E-state index contributed by atoms with van der Waals surface area (Å²) in [5, 5.41) is 10.0. The molecule has 0 atom stereocenters. The van der Waals surface area contributed by atoms with Gasteiger partial charge in [-0.15, -0.1) is 0 Å². The van der Waals surface area contributed by atoms with Crippen molar-refractivity contribution in [1.29, 1.82) is 0 Å². The molecule has 3 nitrogen and oxygen atoms in total. The van der Waals surface area contributed by atoms with Crippen molar-refractivity contribution < 1.29 is 14.6 Å². The van der Waals surface area contributed by atoms with Gasteiger partial charge in [0.25, 0.3) is 0 Å². The second-order valence-electron chi connectivity index (χ2n) is 4.75. The average Bonchev–Trinajstić information content (AvgIpc) is 3.05. The van der Waals surface area contributed by atoms with Crippen LogP contribution in [-0.4, -0.2) is 24.9 Å². The molecule has 0 aromatic heterocycles. The zero-order valence-electron chi connectivity index (χ0n) is 10.7. The molecular formula is C14H20O3. The van der Waals surface area contributed by atoms with Gasteiger partial charge in [0.05, 0.1) is 19.8 Å². The highest BCUT2D eigenvalue weighted by Gasteiger charge is 2.41. The van der Waals surface area contributed by atoms with Crippen molar-refractivity contribution >= 4 is 0 Å². The smallest absolute Gasteiger partial charge is 0.164 e. The molecule has 1 aromatic rings. The molecule has 2 rings (SSSR count). The van der Waals surface area contributed by atoms with E-state index in [9.17, 15) is 5.11 Å². The van der Waals surface area contributed by atoms with Gasteiger partial charge < -0.3 is 14.6 Å². The molecule has 1 aliphatic rings. The Bertz CT molecular complexity index is 408. The van der Waals surface area contributed by atoms with Gasteiger partial charge in [-0.1, -0.05) is 13.0 Å². The van der Waals surface area contributed by atoms with E-state index in [1.165, 1.54) is 5.56 Å². The van der Waals surface area contributed by atoms with E-state index in [-0.39, 0.29) is 0 Å². The van der Waals surface area contributed by atoms with Gasteiger partial charge in [0.1, 0.15) is 0 Å². The Labute approximate surface area is 102 Å². The number of methoxy groups -OCH3 is 2. The molecule has 1 fully saturated rings. The number of hydrogen-bond acceptors (Lipinski definition) is 3. The Balaban J connectivity index is 2.38. The lowest BCUT2D eigenvalue weighted by Crippen LogP contribution is -2.12. The first-order valence-corrected chi connectivity index (χ1v) is 6.08. The van der Waals surface area contributed by atoms with Crippen LogP contribution >= 0.6 is 0 Å². The van der Waals surface area contributed by atoms with E-state index in [1.54, 1.807) is 14.2 Å². The molecule has 0 bridgehead atoms. The monoisotopic (exact) mass is 236 g/mol. The molecule has 0 saturated heterocycles. The molecule has 94 valence electrons. The first-order chi connectivity index (χ1) is 8.11. The standard InChI is InChI=1S/C14H20O3/c1-4-10-7-11(9-14(15)5-6-14)13(17-3)12(8-10)16-2/h7-8,15H,4-6,9H2,1-3H3. The van der Waals surface area contributed by atoms with Crippen LogP contribution in [0.15, 0.2) is 12.1 Å². The fraction of sp³-hybridized carbons (Fsp3) is 0.571. The number of aryl methyl sites for hydroxylation is 1. The van der Waals surface area contributed by atoms with E-state index in [0.29, 0.717) is 6.42 Å². The van der Waals surface area contributed by atoms with E-state index >= 15 is 0 Å². The Morgan fingerprint density at radius 2 is 1.94 bits per heavy atom. The normalized spacial score (nSPS) is 16.7. The first-order valence-electron chi connectivity index (χ1n) is 6.08. The molecule has 0 aliphatic heterocycles. The fourth-order valence-corrected chi connectivity index (χ4v) is 2.12. The highest BCUT2D eigenvalue weighted by molar-refractivity contribution is 5.50. The van der Waals surface area contributed by atoms with Gasteiger partial charge in [0, 0.05) is 12.0 Å². The minimum Gasteiger partial charge on any atom is -0.493 e. The SMILES string of the molecule is CCc1cc(CC2(O)CC2)c(OC)c(OC)c1. The minimum absolute atomic E-state index is 0.509. The highest BCUT2D eigenvalue weighted by Crippen LogP contribution is 2.42. The molecule has 0 spiro atoms. The third-order valence-electron chi connectivity index (χ3n) is 3.37. The van der Waals surface area contributed by atoms with Crippen LogP contribution in [0.4, 0.5) is 0 Å². The molecule has 1 aromatic carbocycles. The maximum Gasteiger partial charge on any atom is 0.164 e. The molecule has 0 heterocycles. The van der Waals surface area contributed by atoms with Crippen LogP contribution in [0.25, 0.3) is 0 Å². The lowest BCUT2D eigenvalue weighted by atomic mass is 10.0. The summed E-state index contributed by atoms with van der Waals surface area (Å²) in [6, 6.07) is 4.11. The molecule has 17 heavy (non-hydrogen) atoms. The van der Waals surface area contributed by atoms with Crippen molar-refractivity contribution in [2.45, 2.75) is 38.2 Å². The van der Waals surface area contributed by atoms with Crippen LogP contribution < -0.4 is 9.47 Å². The molecule has 0 amide bonds. The largest absolute Gasteiger partial charge is 0.493 e. The Kier molecular flexibility index (Phi) is 3.29. The van der Waals surface area contributed by atoms with Gasteiger partial charge in [0.15, 0.2) is 11.5 Å². The summed E-state index contributed by atoms with van der Waals surface area (Å²) in [4.78, 5) is 0. The van der Waals surface area contributed by atoms with Crippen LogP contribution in [0.2, 0.25) is 0 Å². The second kappa shape index (κ2) is 4.57. The minimum atomic E-state index is -0.509. The number of rotatable bonds is 5. The summed E-state index contributed by atoms with van der Waals surface area (Å²) in [5.74, 6) is 1.51. The van der Waals surface area contributed by atoms with Crippen LogP contribution in [0.1, 0.15) is 30.9 Å². The van der Waals surface area contributed by atoms with Gasteiger partial charge >= 0.3 is 0 Å². The molecular weight excluding hydrogens is 216 g/mol. The Morgan fingerprint density at radius 3 is 2.41 bits per heavy atom. The van der Waals surface area contributed by atoms with E-state index in [4.69, 9.17) is 9.47 Å². The Morgan fingerprint density at radius 1 is 1.24 bits per heavy atom. The molecule has 0 unspecified atom stereocenters. The average molecular weight is 236 g/mol. The summed E-state index contributed by atoms with van der Waals surface area (Å²) in [7, 11) is 3.29. The predicted molar refractivity (Wildman–Crippen MR) is 66.8 cm³/mol. The maximum atomic E-state index is 10.0. The lowest BCUT2D eigenvalue weighted by molar-refractivity contribution is 0.149. The molecule has 1 aliphatic carbocycles. The zero-order chi connectivity index (χ0) is 12.5. The number of benzene rings is 1. The highest BCUT2D eigenvalue weighted by atomic mass is 16.5. The second-order valence-corrected chi connectivity index (χ2v) is 4.75. The molecule has 0 radical (unpaired) electrons. The van der Waals surface area contributed by atoms with Crippen molar-refractivity contribution in [3.05, 3.63) is 23.3 Å². The van der Waals surface area contributed by atoms with E-state index < -0.39 is 5.60 Å². The van der Waals surface area contributed by atoms with Gasteiger partial charge in [-0.25, -0.2) is 0 Å². The third kappa shape index (κ3) is 2.55. The van der Waals surface area contributed by atoms with Gasteiger partial charge in [-0.05, 0) is 30.9 Å². The lowest BCUT2D eigenvalue weighted by Gasteiger charge is -2.16. The van der Waals surface area contributed by atoms with Crippen molar-refractivity contribution in [3.8, 4) is 11.5 Å². The van der Waals surface area contributed by atoms with Crippen LogP contribution in [0.5, 0.6) is 11.5 Å². The van der Waals surface area contributed by atoms with Gasteiger partial charge in [-0.3, -0.25) is 0 Å². The summed E-state index contributed by atoms with van der Waals surface area (Å²) in [5.41, 5.74) is 1.75. The van der Waals surface area contributed by atoms with E-state index in [2.05, 4.69) is 13.0 Å². The van der Waals surface area contributed by atoms with Gasteiger partial charge in [-0.2, -0.15) is 0 Å². The summed E-state index contributed by atoms with van der Waals surface area (Å²) in [6.45, 7) is 2.11. The first kappa shape index (κ1) is 12.2. The third-order valence-corrected chi connectivity index (χ3v) is 3.37. The van der Waals surface area contributed by atoms with E-state index in [0.717, 1.165) is 36.3 Å². The van der Waals surface area contributed by atoms with Crippen LogP contribution in [0.3, 0.4) is 0 Å². The number of aliphatic hydroxyl groups is 1. The van der Waals surface area contributed by atoms with Crippen molar-refractivity contribution in [2.75, 3.05) is 14.2 Å². The number of hydrogen-bond donors (Lipinski definition) is 1. The Hall–Kier alpha value is -1.22. The summed E-state index contributed by atoms with van der Waals surface area (Å²) < 4.78 is 10.8. The summed E-state index contributed by atoms with van der Waals surface area (Å²) in [6.07, 6.45) is 3.37. The van der Waals surface area contributed by atoms with E-state index in [1.807, 2.05) is 6.07 Å². The van der Waals surface area contributed by atoms with Crippen molar-refractivity contribution in [3.63, 3.8) is 0 Å². The molecule has 1 N–H and O–H groups in total. The van der Waals surface area contributed by atoms with Crippen LogP contribution in [0, 0.1) is 0 Å². The number of ether oxygens (including phenoxy) is 2. The predicted octanol–water partition coefficient (Wildman–Crippen LogP) is 2.33.